The highest BCUT2D eigenvalue weighted by Gasteiger charge is 1.94. The fraction of sp³-hybridized carbons (Fsp3) is 0.333. The molecule has 0 atom stereocenters. The topological polar surface area (TPSA) is 49.8 Å². The molecule has 0 aromatic carbocycles. The van der Waals surface area contributed by atoms with Crippen molar-refractivity contribution in [3.8, 4) is 0 Å². The lowest BCUT2D eigenvalue weighted by atomic mass is 10.3. The van der Waals surface area contributed by atoms with Gasteiger partial charge in [0.25, 0.3) is 0 Å². The third-order valence-corrected chi connectivity index (χ3v) is 2.79. The molecule has 0 saturated heterocycles. The van der Waals surface area contributed by atoms with Crippen molar-refractivity contribution in [3.05, 3.63) is 60.2 Å². The zero-order valence-corrected chi connectivity index (χ0v) is 11.0. The highest BCUT2D eigenvalue weighted by molar-refractivity contribution is 5.04. The monoisotopic (exact) mass is 256 g/mol. The lowest BCUT2D eigenvalue weighted by Gasteiger charge is -2.06. The van der Waals surface area contributed by atoms with Crippen LogP contribution in [-0.4, -0.2) is 29.6 Å². The van der Waals surface area contributed by atoms with Crippen molar-refractivity contribution < 1.29 is 0 Å². The molecule has 2 aromatic rings. The molecule has 0 saturated carbocycles. The lowest BCUT2D eigenvalue weighted by Crippen LogP contribution is -2.28. The zero-order valence-electron chi connectivity index (χ0n) is 11.0. The number of hydrogen-bond acceptors (Lipinski definition) is 4. The molecule has 2 heterocycles. The first-order chi connectivity index (χ1) is 9.45. The minimum atomic E-state index is 0.822. The van der Waals surface area contributed by atoms with E-state index in [4.69, 9.17) is 0 Å². The molecule has 0 aliphatic carbocycles. The number of hydrogen-bond donors (Lipinski definition) is 2. The molecule has 0 unspecified atom stereocenters. The van der Waals surface area contributed by atoms with Crippen LogP contribution in [0.15, 0.2) is 48.8 Å². The maximum absolute atomic E-state index is 4.29. The molecule has 19 heavy (non-hydrogen) atoms. The van der Waals surface area contributed by atoms with Crippen LogP contribution in [0.2, 0.25) is 0 Å². The first kappa shape index (κ1) is 13.6. The minimum absolute atomic E-state index is 0.822. The van der Waals surface area contributed by atoms with Gasteiger partial charge >= 0.3 is 0 Å². The van der Waals surface area contributed by atoms with E-state index >= 15 is 0 Å². The van der Waals surface area contributed by atoms with Crippen LogP contribution in [0.3, 0.4) is 0 Å². The summed E-state index contributed by atoms with van der Waals surface area (Å²) in [6, 6.07) is 12.0. The van der Waals surface area contributed by atoms with Gasteiger partial charge in [0.05, 0.1) is 5.69 Å². The maximum atomic E-state index is 4.29. The van der Waals surface area contributed by atoms with Gasteiger partial charge in [0.1, 0.15) is 0 Å². The second kappa shape index (κ2) is 8.34. The summed E-state index contributed by atoms with van der Waals surface area (Å²) < 4.78 is 0. The van der Waals surface area contributed by atoms with Gasteiger partial charge in [0, 0.05) is 50.7 Å². The van der Waals surface area contributed by atoms with Gasteiger partial charge in [0.15, 0.2) is 0 Å². The summed E-state index contributed by atoms with van der Waals surface area (Å²) in [5.41, 5.74) is 2.22. The third kappa shape index (κ3) is 5.59. The van der Waals surface area contributed by atoms with Crippen molar-refractivity contribution in [2.75, 3.05) is 19.6 Å². The van der Waals surface area contributed by atoms with Gasteiger partial charge in [-0.05, 0) is 24.3 Å². The Hall–Kier alpha value is -1.78. The lowest BCUT2D eigenvalue weighted by molar-refractivity contribution is 0.604. The average molecular weight is 256 g/mol. The normalized spacial score (nSPS) is 10.5. The summed E-state index contributed by atoms with van der Waals surface area (Å²) in [5.74, 6) is 0. The Balaban J connectivity index is 1.49. The Morgan fingerprint density at radius 2 is 1.42 bits per heavy atom. The van der Waals surface area contributed by atoms with Crippen molar-refractivity contribution in [1.82, 2.24) is 20.6 Å². The molecule has 0 aliphatic heterocycles. The van der Waals surface area contributed by atoms with Gasteiger partial charge in [-0.15, -0.1) is 0 Å². The smallest absolute Gasteiger partial charge is 0.0541 e. The predicted molar refractivity (Wildman–Crippen MR) is 76.8 cm³/mol. The number of rotatable bonds is 8. The van der Waals surface area contributed by atoms with Crippen LogP contribution >= 0.6 is 0 Å². The molecule has 2 aromatic heterocycles. The molecule has 100 valence electrons. The number of nitrogens with zero attached hydrogens (tertiary/aromatic N) is 2. The Morgan fingerprint density at radius 1 is 0.737 bits per heavy atom. The van der Waals surface area contributed by atoms with Crippen LogP contribution in [0.5, 0.6) is 0 Å². The fourth-order valence-corrected chi connectivity index (χ4v) is 1.78. The molecule has 0 radical (unpaired) electrons. The van der Waals surface area contributed by atoms with E-state index in [0.29, 0.717) is 0 Å². The zero-order chi connectivity index (χ0) is 13.2. The summed E-state index contributed by atoms with van der Waals surface area (Å²) in [7, 11) is 0. The van der Waals surface area contributed by atoms with E-state index in [-0.39, 0.29) is 0 Å². The van der Waals surface area contributed by atoms with Crippen LogP contribution in [-0.2, 0) is 13.0 Å². The predicted octanol–water partition coefficient (Wildman–Crippen LogP) is 1.40. The van der Waals surface area contributed by atoms with E-state index in [1.165, 1.54) is 0 Å². The second-order valence-corrected chi connectivity index (χ2v) is 4.32. The van der Waals surface area contributed by atoms with Crippen molar-refractivity contribution in [3.63, 3.8) is 0 Å². The van der Waals surface area contributed by atoms with Crippen molar-refractivity contribution in [1.29, 1.82) is 0 Å². The Kier molecular flexibility index (Phi) is 5.99. The number of aromatic nitrogens is 2. The summed E-state index contributed by atoms with van der Waals surface area (Å²) in [5, 5.41) is 6.76. The average Bonchev–Trinajstić information content (AvgIpc) is 2.48. The quantitative estimate of drug-likeness (QED) is 0.701. The molecule has 0 spiro atoms. The molecule has 2 rings (SSSR count). The van der Waals surface area contributed by atoms with Crippen LogP contribution in [0, 0.1) is 0 Å². The molecule has 0 aliphatic rings. The van der Waals surface area contributed by atoms with Gasteiger partial charge in [-0.25, -0.2) is 0 Å². The van der Waals surface area contributed by atoms with E-state index in [0.717, 1.165) is 44.0 Å². The number of pyridine rings is 2. The molecule has 2 N–H and O–H groups in total. The SMILES string of the molecule is c1ccc(CCNCCNCc2ccccn2)nc1. The first-order valence-corrected chi connectivity index (χ1v) is 6.66. The summed E-state index contributed by atoms with van der Waals surface area (Å²) in [6.07, 6.45) is 4.63. The van der Waals surface area contributed by atoms with Crippen LogP contribution < -0.4 is 10.6 Å². The van der Waals surface area contributed by atoms with E-state index in [9.17, 15) is 0 Å². The van der Waals surface area contributed by atoms with E-state index < -0.39 is 0 Å². The molecule has 4 heteroatoms. The Bertz CT molecular complexity index is 401. The molecule has 0 amide bonds. The van der Waals surface area contributed by atoms with Crippen LogP contribution in [0.4, 0.5) is 0 Å². The van der Waals surface area contributed by atoms with Gasteiger partial charge in [-0.2, -0.15) is 0 Å². The number of nitrogens with one attached hydrogen (secondary N) is 2. The molecular weight excluding hydrogens is 236 g/mol. The molecule has 0 bridgehead atoms. The van der Waals surface area contributed by atoms with Crippen molar-refractivity contribution in [2.45, 2.75) is 13.0 Å². The molecular formula is C15H20N4. The van der Waals surface area contributed by atoms with Gasteiger partial charge in [-0.3, -0.25) is 9.97 Å². The van der Waals surface area contributed by atoms with Gasteiger partial charge in [-0.1, -0.05) is 12.1 Å². The summed E-state index contributed by atoms with van der Waals surface area (Å²) in [6.45, 7) is 3.68. The van der Waals surface area contributed by atoms with Crippen molar-refractivity contribution in [2.24, 2.45) is 0 Å². The van der Waals surface area contributed by atoms with E-state index in [1.54, 1.807) is 0 Å². The third-order valence-electron chi connectivity index (χ3n) is 2.79. The largest absolute Gasteiger partial charge is 0.315 e. The van der Waals surface area contributed by atoms with E-state index in [1.807, 2.05) is 42.7 Å². The minimum Gasteiger partial charge on any atom is -0.315 e. The highest BCUT2D eigenvalue weighted by Crippen LogP contribution is 1.93. The van der Waals surface area contributed by atoms with Crippen LogP contribution in [0.1, 0.15) is 11.4 Å². The fourth-order valence-electron chi connectivity index (χ4n) is 1.78. The van der Waals surface area contributed by atoms with Crippen molar-refractivity contribution >= 4 is 0 Å². The van der Waals surface area contributed by atoms with Gasteiger partial charge < -0.3 is 10.6 Å². The summed E-state index contributed by atoms with van der Waals surface area (Å²) >= 11 is 0. The Labute approximate surface area is 114 Å². The van der Waals surface area contributed by atoms with Crippen LogP contribution in [0.25, 0.3) is 0 Å². The second-order valence-electron chi connectivity index (χ2n) is 4.32. The van der Waals surface area contributed by atoms with Gasteiger partial charge in [0.2, 0.25) is 0 Å². The standard InChI is InChI=1S/C15H20N4/c1-3-8-18-14(5-1)7-10-16-11-12-17-13-15-6-2-4-9-19-15/h1-6,8-9,16-17H,7,10-13H2. The first-order valence-electron chi connectivity index (χ1n) is 6.66. The molecule has 4 nitrogen and oxygen atoms in total. The molecule has 0 fully saturated rings. The summed E-state index contributed by atoms with van der Waals surface area (Å²) in [4.78, 5) is 8.55. The van der Waals surface area contributed by atoms with E-state index in [2.05, 4.69) is 26.7 Å². The Morgan fingerprint density at radius 3 is 2.11 bits per heavy atom. The highest BCUT2D eigenvalue weighted by atomic mass is 14.9. The maximum Gasteiger partial charge on any atom is 0.0541 e.